The minimum atomic E-state index is 0.678. The van der Waals surface area contributed by atoms with Gasteiger partial charge in [-0.25, -0.2) is 4.98 Å². The fourth-order valence-corrected chi connectivity index (χ4v) is 5.07. The number of benzene rings is 1. The number of anilines is 2. The molecule has 0 radical (unpaired) electrons. The van der Waals surface area contributed by atoms with Crippen LogP contribution in [-0.4, -0.2) is 72.5 Å². The molecular formula is C18H20N6O2S2. The predicted octanol–water partition coefficient (Wildman–Crippen LogP) is 2.31. The fourth-order valence-electron chi connectivity index (χ4n) is 3.16. The van der Waals surface area contributed by atoms with Gasteiger partial charge in [0.05, 0.1) is 36.6 Å². The van der Waals surface area contributed by atoms with Crippen LogP contribution in [0.25, 0.3) is 10.2 Å². The molecule has 146 valence electrons. The maximum Gasteiger partial charge on any atom is 0.231 e. The normalized spacial score (nSPS) is 18.0. The first-order chi connectivity index (χ1) is 13.8. The molecule has 2 aliphatic heterocycles. The zero-order chi connectivity index (χ0) is 18.8. The number of fused-ring (bicyclic) bond motifs is 1. The van der Waals surface area contributed by atoms with Gasteiger partial charge < -0.3 is 19.3 Å². The van der Waals surface area contributed by atoms with Crippen LogP contribution in [0.15, 0.2) is 33.8 Å². The van der Waals surface area contributed by atoms with Crippen molar-refractivity contribution in [3.8, 4) is 0 Å². The highest BCUT2D eigenvalue weighted by Crippen LogP contribution is 2.33. The first-order valence-corrected chi connectivity index (χ1v) is 10.9. The Labute approximate surface area is 170 Å². The number of morpholine rings is 2. The topological polar surface area (TPSA) is 76.5 Å². The average Bonchev–Trinajstić information content (AvgIpc) is 3.17. The number of hydrogen-bond donors (Lipinski definition) is 0. The molecule has 8 nitrogen and oxygen atoms in total. The first kappa shape index (κ1) is 18.0. The molecule has 5 rings (SSSR count). The summed E-state index contributed by atoms with van der Waals surface area (Å²) in [6, 6.07) is 8.15. The monoisotopic (exact) mass is 416 g/mol. The maximum absolute atomic E-state index is 5.47. The molecule has 0 amide bonds. The van der Waals surface area contributed by atoms with E-state index in [4.69, 9.17) is 29.4 Å². The van der Waals surface area contributed by atoms with Crippen molar-refractivity contribution >= 4 is 45.2 Å². The van der Waals surface area contributed by atoms with Crippen LogP contribution in [0.2, 0.25) is 0 Å². The molecule has 2 aliphatic rings. The van der Waals surface area contributed by atoms with Crippen LogP contribution in [-0.2, 0) is 9.47 Å². The Morgan fingerprint density at radius 2 is 1.39 bits per heavy atom. The fraction of sp³-hybridized carbons (Fsp3) is 0.444. The second-order valence-corrected chi connectivity index (χ2v) is 8.71. The van der Waals surface area contributed by atoms with Crippen molar-refractivity contribution in [2.75, 3.05) is 62.4 Å². The van der Waals surface area contributed by atoms with Gasteiger partial charge in [-0.3, -0.25) is 0 Å². The molecule has 2 saturated heterocycles. The minimum Gasteiger partial charge on any atom is -0.378 e. The van der Waals surface area contributed by atoms with Crippen molar-refractivity contribution < 1.29 is 9.47 Å². The lowest BCUT2D eigenvalue weighted by molar-refractivity contribution is 0.121. The molecule has 0 spiro atoms. The summed E-state index contributed by atoms with van der Waals surface area (Å²) in [4.78, 5) is 23.3. The van der Waals surface area contributed by atoms with Crippen LogP contribution in [0, 0.1) is 0 Å². The summed E-state index contributed by atoms with van der Waals surface area (Å²) in [6.07, 6.45) is 0. The number of thiazole rings is 1. The summed E-state index contributed by atoms with van der Waals surface area (Å²) in [5.74, 6) is 1.42. The molecule has 0 aliphatic carbocycles. The quantitative estimate of drug-likeness (QED) is 0.637. The van der Waals surface area contributed by atoms with E-state index in [1.54, 1.807) is 11.3 Å². The Morgan fingerprint density at radius 1 is 0.786 bits per heavy atom. The first-order valence-electron chi connectivity index (χ1n) is 9.30. The van der Waals surface area contributed by atoms with E-state index >= 15 is 0 Å². The molecule has 0 bridgehead atoms. The van der Waals surface area contributed by atoms with E-state index in [2.05, 4.69) is 15.9 Å². The molecule has 0 N–H and O–H groups in total. The van der Waals surface area contributed by atoms with Gasteiger partial charge in [0.15, 0.2) is 4.34 Å². The number of hydrogen-bond acceptors (Lipinski definition) is 10. The Bertz CT molecular complexity index is 887. The Morgan fingerprint density at radius 3 is 2.00 bits per heavy atom. The zero-order valence-corrected chi connectivity index (χ0v) is 16.9. The second kappa shape index (κ2) is 8.16. The van der Waals surface area contributed by atoms with Gasteiger partial charge in [-0.05, 0) is 23.9 Å². The van der Waals surface area contributed by atoms with Crippen LogP contribution in [0.3, 0.4) is 0 Å². The Kier molecular flexibility index (Phi) is 5.26. The highest BCUT2D eigenvalue weighted by Gasteiger charge is 2.21. The van der Waals surface area contributed by atoms with E-state index in [1.165, 1.54) is 16.5 Å². The van der Waals surface area contributed by atoms with E-state index in [0.717, 1.165) is 36.0 Å². The minimum absolute atomic E-state index is 0.678. The van der Waals surface area contributed by atoms with Crippen molar-refractivity contribution in [3.05, 3.63) is 24.3 Å². The second-order valence-electron chi connectivity index (χ2n) is 6.47. The zero-order valence-electron chi connectivity index (χ0n) is 15.3. The van der Waals surface area contributed by atoms with Gasteiger partial charge in [0.1, 0.15) is 0 Å². The number of aromatic nitrogens is 4. The average molecular weight is 417 g/mol. The van der Waals surface area contributed by atoms with Crippen molar-refractivity contribution in [2.45, 2.75) is 9.50 Å². The third kappa shape index (κ3) is 3.90. The van der Waals surface area contributed by atoms with Gasteiger partial charge in [-0.2, -0.15) is 15.0 Å². The third-order valence-corrected chi connectivity index (χ3v) is 6.59. The summed E-state index contributed by atoms with van der Waals surface area (Å²) in [5, 5.41) is 0.678. The largest absolute Gasteiger partial charge is 0.378 e. The standard InChI is InChI=1S/C18H20N6O2S2/c1-2-4-14-13(3-1)19-18(27-14)28-17-21-15(23-5-9-25-10-6-23)20-16(22-17)24-7-11-26-12-8-24/h1-4H,5-12H2. The summed E-state index contributed by atoms with van der Waals surface area (Å²) in [5.41, 5.74) is 1.01. The summed E-state index contributed by atoms with van der Waals surface area (Å²) < 4.78 is 13.1. The van der Waals surface area contributed by atoms with Gasteiger partial charge in [0.25, 0.3) is 0 Å². The molecule has 0 unspecified atom stereocenters. The van der Waals surface area contributed by atoms with E-state index in [0.29, 0.717) is 43.5 Å². The molecule has 28 heavy (non-hydrogen) atoms. The number of nitrogens with zero attached hydrogens (tertiary/aromatic N) is 6. The lowest BCUT2D eigenvalue weighted by atomic mass is 10.3. The highest BCUT2D eigenvalue weighted by atomic mass is 32.2. The van der Waals surface area contributed by atoms with Crippen LogP contribution in [0.4, 0.5) is 11.9 Å². The number of ether oxygens (including phenoxy) is 2. The van der Waals surface area contributed by atoms with Crippen molar-refractivity contribution in [2.24, 2.45) is 0 Å². The summed E-state index contributed by atoms with van der Waals surface area (Å²) in [6.45, 7) is 5.93. The lowest BCUT2D eigenvalue weighted by Crippen LogP contribution is -2.40. The molecular weight excluding hydrogens is 396 g/mol. The van der Waals surface area contributed by atoms with Crippen molar-refractivity contribution in [3.63, 3.8) is 0 Å². The maximum atomic E-state index is 5.47. The van der Waals surface area contributed by atoms with E-state index < -0.39 is 0 Å². The smallest absolute Gasteiger partial charge is 0.231 e. The Hall–Kier alpha value is -2.01. The van der Waals surface area contributed by atoms with E-state index in [-0.39, 0.29) is 0 Å². The van der Waals surface area contributed by atoms with Gasteiger partial charge in [0, 0.05) is 26.2 Å². The Balaban J connectivity index is 1.47. The molecule has 1 aromatic carbocycles. The van der Waals surface area contributed by atoms with E-state index in [1.807, 2.05) is 18.2 Å². The summed E-state index contributed by atoms with van der Waals surface area (Å²) in [7, 11) is 0. The predicted molar refractivity (Wildman–Crippen MR) is 110 cm³/mol. The van der Waals surface area contributed by atoms with Gasteiger partial charge in [-0.15, -0.1) is 11.3 Å². The van der Waals surface area contributed by atoms with Crippen LogP contribution in [0.5, 0.6) is 0 Å². The molecule has 4 heterocycles. The molecule has 10 heteroatoms. The van der Waals surface area contributed by atoms with Gasteiger partial charge in [0.2, 0.25) is 17.1 Å². The highest BCUT2D eigenvalue weighted by molar-refractivity contribution is 8.01. The van der Waals surface area contributed by atoms with Gasteiger partial charge >= 0.3 is 0 Å². The summed E-state index contributed by atoms with van der Waals surface area (Å²) >= 11 is 3.16. The van der Waals surface area contributed by atoms with Gasteiger partial charge in [-0.1, -0.05) is 12.1 Å². The molecule has 2 aromatic heterocycles. The third-order valence-electron chi connectivity index (χ3n) is 4.63. The molecule has 3 aromatic rings. The molecule has 0 saturated carbocycles. The van der Waals surface area contributed by atoms with Crippen LogP contribution in [0.1, 0.15) is 0 Å². The molecule has 0 atom stereocenters. The van der Waals surface area contributed by atoms with Crippen LogP contribution < -0.4 is 9.80 Å². The number of rotatable bonds is 4. The van der Waals surface area contributed by atoms with Crippen LogP contribution >= 0.6 is 23.1 Å². The molecule has 2 fully saturated rings. The lowest BCUT2D eigenvalue weighted by Gasteiger charge is -2.30. The SMILES string of the molecule is c1ccc2sc(Sc3nc(N4CCOCC4)nc(N4CCOCC4)n3)nc2c1. The van der Waals surface area contributed by atoms with Crippen molar-refractivity contribution in [1.29, 1.82) is 0 Å². The van der Waals surface area contributed by atoms with Crippen molar-refractivity contribution in [1.82, 2.24) is 19.9 Å². The number of para-hydroxylation sites is 1. The van der Waals surface area contributed by atoms with E-state index in [9.17, 15) is 0 Å².